The van der Waals surface area contributed by atoms with Crippen LogP contribution >= 0.6 is 0 Å². The zero-order chi connectivity index (χ0) is 12.3. The van der Waals surface area contributed by atoms with E-state index >= 15 is 0 Å². The molecule has 0 aromatic rings. The molecule has 0 spiro atoms. The lowest BCUT2D eigenvalue weighted by Gasteiger charge is -2.33. The van der Waals surface area contributed by atoms with Gasteiger partial charge in [0.05, 0.1) is 5.41 Å². The number of carbonyl (C=O) groups is 1. The van der Waals surface area contributed by atoms with Crippen LogP contribution in [0.5, 0.6) is 0 Å². The summed E-state index contributed by atoms with van der Waals surface area (Å²) in [6, 6.07) is 0.338. The SMILES string of the molecule is CC(C)CC(C)N(C)C(=O)C1(C)CCNC1. The van der Waals surface area contributed by atoms with Gasteiger partial charge in [0.15, 0.2) is 0 Å². The first kappa shape index (κ1) is 13.5. The first-order valence-electron chi connectivity index (χ1n) is 6.35. The molecule has 1 saturated heterocycles. The summed E-state index contributed by atoms with van der Waals surface area (Å²) in [6.45, 7) is 10.4. The van der Waals surface area contributed by atoms with Crippen LogP contribution in [0.1, 0.15) is 40.5 Å². The molecule has 94 valence electrons. The fourth-order valence-corrected chi connectivity index (χ4v) is 2.47. The highest BCUT2D eigenvalue weighted by Gasteiger charge is 2.39. The van der Waals surface area contributed by atoms with Crippen LogP contribution in [-0.2, 0) is 4.79 Å². The zero-order valence-corrected chi connectivity index (χ0v) is 11.3. The second-order valence-corrected chi connectivity index (χ2v) is 5.88. The Morgan fingerprint density at radius 2 is 2.06 bits per heavy atom. The average Bonchev–Trinajstić information content (AvgIpc) is 2.63. The molecule has 1 amide bonds. The summed E-state index contributed by atoms with van der Waals surface area (Å²) in [5, 5.41) is 3.28. The van der Waals surface area contributed by atoms with Gasteiger partial charge in [0.2, 0.25) is 5.91 Å². The van der Waals surface area contributed by atoms with Crippen LogP contribution in [0.25, 0.3) is 0 Å². The molecule has 1 rings (SSSR count). The molecule has 0 radical (unpaired) electrons. The molecule has 2 unspecified atom stereocenters. The summed E-state index contributed by atoms with van der Waals surface area (Å²) in [4.78, 5) is 14.3. The first-order chi connectivity index (χ1) is 7.37. The minimum Gasteiger partial charge on any atom is -0.343 e. The third-order valence-corrected chi connectivity index (χ3v) is 3.68. The molecule has 0 saturated carbocycles. The molecular formula is C13H26N2O. The Morgan fingerprint density at radius 3 is 2.50 bits per heavy atom. The van der Waals surface area contributed by atoms with Crippen molar-refractivity contribution < 1.29 is 4.79 Å². The molecule has 2 atom stereocenters. The normalized spacial score (nSPS) is 27.1. The summed E-state index contributed by atoms with van der Waals surface area (Å²) in [5.41, 5.74) is -0.181. The fourth-order valence-electron chi connectivity index (χ4n) is 2.47. The fraction of sp³-hybridized carbons (Fsp3) is 0.923. The van der Waals surface area contributed by atoms with E-state index in [0.29, 0.717) is 17.9 Å². The number of hydrogen-bond donors (Lipinski definition) is 1. The third kappa shape index (κ3) is 2.97. The van der Waals surface area contributed by atoms with Crippen LogP contribution in [0.4, 0.5) is 0 Å². The van der Waals surface area contributed by atoms with Gasteiger partial charge in [-0.3, -0.25) is 4.79 Å². The van der Waals surface area contributed by atoms with E-state index in [-0.39, 0.29) is 5.41 Å². The van der Waals surface area contributed by atoms with E-state index in [2.05, 4.69) is 33.0 Å². The highest BCUT2D eigenvalue weighted by molar-refractivity contribution is 5.83. The Labute approximate surface area is 99.6 Å². The van der Waals surface area contributed by atoms with Crippen molar-refractivity contribution in [3.05, 3.63) is 0 Å². The summed E-state index contributed by atoms with van der Waals surface area (Å²) in [6.07, 6.45) is 2.04. The lowest BCUT2D eigenvalue weighted by molar-refractivity contribution is -0.141. The van der Waals surface area contributed by atoms with Crippen LogP contribution in [0.3, 0.4) is 0 Å². The van der Waals surface area contributed by atoms with Gasteiger partial charge in [-0.1, -0.05) is 13.8 Å². The number of carbonyl (C=O) groups excluding carboxylic acids is 1. The minimum absolute atomic E-state index is 0.181. The predicted octanol–water partition coefficient (Wildman–Crippen LogP) is 1.88. The molecule has 1 N–H and O–H groups in total. The predicted molar refractivity (Wildman–Crippen MR) is 67.3 cm³/mol. The van der Waals surface area contributed by atoms with Gasteiger partial charge in [-0.15, -0.1) is 0 Å². The van der Waals surface area contributed by atoms with Gasteiger partial charge in [-0.05, 0) is 39.2 Å². The van der Waals surface area contributed by atoms with Crippen LogP contribution in [-0.4, -0.2) is 37.0 Å². The smallest absolute Gasteiger partial charge is 0.229 e. The van der Waals surface area contributed by atoms with E-state index in [4.69, 9.17) is 0 Å². The molecule has 0 bridgehead atoms. The second-order valence-electron chi connectivity index (χ2n) is 5.88. The minimum atomic E-state index is -0.181. The Hall–Kier alpha value is -0.570. The molecule has 1 heterocycles. The van der Waals surface area contributed by atoms with Crippen molar-refractivity contribution in [2.24, 2.45) is 11.3 Å². The molecule has 1 aliphatic heterocycles. The largest absolute Gasteiger partial charge is 0.343 e. The maximum absolute atomic E-state index is 12.4. The van der Waals surface area contributed by atoms with Gasteiger partial charge >= 0.3 is 0 Å². The van der Waals surface area contributed by atoms with Gasteiger partial charge in [-0.2, -0.15) is 0 Å². The summed E-state index contributed by atoms with van der Waals surface area (Å²) >= 11 is 0. The quantitative estimate of drug-likeness (QED) is 0.794. The van der Waals surface area contributed by atoms with Gasteiger partial charge in [0.25, 0.3) is 0 Å². The maximum Gasteiger partial charge on any atom is 0.229 e. The molecule has 16 heavy (non-hydrogen) atoms. The van der Waals surface area contributed by atoms with Crippen LogP contribution < -0.4 is 5.32 Å². The van der Waals surface area contributed by atoms with Crippen molar-refractivity contribution in [2.75, 3.05) is 20.1 Å². The number of amides is 1. The summed E-state index contributed by atoms with van der Waals surface area (Å²) in [7, 11) is 1.94. The summed E-state index contributed by atoms with van der Waals surface area (Å²) < 4.78 is 0. The average molecular weight is 226 g/mol. The van der Waals surface area contributed by atoms with E-state index in [1.54, 1.807) is 0 Å². The van der Waals surface area contributed by atoms with Crippen LogP contribution in [0.2, 0.25) is 0 Å². The molecule has 1 aliphatic rings. The molecule has 3 heteroatoms. The zero-order valence-electron chi connectivity index (χ0n) is 11.3. The number of nitrogens with one attached hydrogen (secondary N) is 1. The van der Waals surface area contributed by atoms with Crippen molar-refractivity contribution in [3.8, 4) is 0 Å². The van der Waals surface area contributed by atoms with Gasteiger partial charge in [0, 0.05) is 19.6 Å². The van der Waals surface area contributed by atoms with Crippen LogP contribution in [0.15, 0.2) is 0 Å². The van der Waals surface area contributed by atoms with E-state index in [0.717, 1.165) is 25.9 Å². The molecule has 3 nitrogen and oxygen atoms in total. The topological polar surface area (TPSA) is 32.3 Å². The van der Waals surface area contributed by atoms with Crippen molar-refractivity contribution in [1.82, 2.24) is 10.2 Å². The van der Waals surface area contributed by atoms with Crippen molar-refractivity contribution in [2.45, 2.75) is 46.6 Å². The number of nitrogens with zero attached hydrogens (tertiary/aromatic N) is 1. The standard InChI is InChI=1S/C13H26N2O/c1-10(2)8-11(3)15(5)12(16)13(4)6-7-14-9-13/h10-11,14H,6-9H2,1-5H3. The first-order valence-corrected chi connectivity index (χ1v) is 6.35. The lowest BCUT2D eigenvalue weighted by atomic mass is 9.87. The van der Waals surface area contributed by atoms with Gasteiger partial charge in [0.1, 0.15) is 0 Å². The number of hydrogen-bond acceptors (Lipinski definition) is 2. The van der Waals surface area contributed by atoms with Crippen LogP contribution in [0, 0.1) is 11.3 Å². The monoisotopic (exact) mass is 226 g/mol. The van der Waals surface area contributed by atoms with Crippen molar-refractivity contribution in [3.63, 3.8) is 0 Å². The van der Waals surface area contributed by atoms with Gasteiger partial charge in [-0.25, -0.2) is 0 Å². The Morgan fingerprint density at radius 1 is 1.44 bits per heavy atom. The van der Waals surface area contributed by atoms with E-state index < -0.39 is 0 Å². The van der Waals surface area contributed by atoms with Crippen molar-refractivity contribution in [1.29, 1.82) is 0 Å². The number of rotatable bonds is 4. The maximum atomic E-state index is 12.4. The Balaban J connectivity index is 2.59. The Bertz CT molecular complexity index is 244. The molecule has 0 aromatic heterocycles. The Kier molecular flexibility index (Phi) is 4.36. The van der Waals surface area contributed by atoms with E-state index in [1.165, 1.54) is 0 Å². The highest BCUT2D eigenvalue weighted by Crippen LogP contribution is 2.28. The molecule has 1 fully saturated rings. The third-order valence-electron chi connectivity index (χ3n) is 3.68. The van der Waals surface area contributed by atoms with E-state index in [1.807, 2.05) is 11.9 Å². The highest BCUT2D eigenvalue weighted by atomic mass is 16.2. The molecule has 0 aliphatic carbocycles. The van der Waals surface area contributed by atoms with E-state index in [9.17, 15) is 4.79 Å². The summed E-state index contributed by atoms with van der Waals surface area (Å²) in [5.74, 6) is 0.936. The molecule has 0 aromatic carbocycles. The van der Waals surface area contributed by atoms with Gasteiger partial charge < -0.3 is 10.2 Å². The van der Waals surface area contributed by atoms with Crippen molar-refractivity contribution >= 4 is 5.91 Å². The second kappa shape index (κ2) is 5.17. The lowest BCUT2D eigenvalue weighted by Crippen LogP contribution is -2.45. The molecular weight excluding hydrogens is 200 g/mol.